The van der Waals surface area contributed by atoms with Gasteiger partial charge in [-0.3, -0.25) is 9.52 Å². The lowest BCUT2D eigenvalue weighted by Gasteiger charge is -2.33. The molecule has 9 nitrogen and oxygen atoms in total. The molecule has 1 fully saturated rings. The molecule has 1 amide bonds. The number of carbonyl (C=O) groups is 1. The van der Waals surface area contributed by atoms with Crippen molar-refractivity contribution >= 4 is 46.4 Å². The van der Waals surface area contributed by atoms with Crippen LogP contribution < -0.4 is 15.2 Å². The van der Waals surface area contributed by atoms with Crippen LogP contribution >= 0.6 is 11.9 Å². The second-order valence-electron chi connectivity index (χ2n) is 8.44. The third-order valence-corrected chi connectivity index (χ3v) is 6.91. The van der Waals surface area contributed by atoms with Crippen molar-refractivity contribution in [2.75, 3.05) is 38.5 Å². The van der Waals surface area contributed by atoms with E-state index in [0.29, 0.717) is 35.7 Å². The molecule has 176 valence electrons. The molecule has 0 spiro atoms. The summed E-state index contributed by atoms with van der Waals surface area (Å²) >= 11 is -0.269. The number of amides is 1. The zero-order valence-corrected chi connectivity index (χ0v) is 20.5. The van der Waals surface area contributed by atoms with Gasteiger partial charge in [-0.1, -0.05) is 0 Å². The quantitative estimate of drug-likeness (QED) is 0.630. The van der Waals surface area contributed by atoms with Gasteiger partial charge in [0, 0.05) is 50.6 Å². The average molecular weight is 489 g/mol. The predicted octanol–water partition coefficient (Wildman–Crippen LogP) is 2.38. The van der Waals surface area contributed by atoms with E-state index in [1.807, 2.05) is 60.5 Å². The van der Waals surface area contributed by atoms with Gasteiger partial charge < -0.3 is 20.3 Å². The van der Waals surface area contributed by atoms with Gasteiger partial charge in [0.2, 0.25) is 11.2 Å². The van der Waals surface area contributed by atoms with Crippen molar-refractivity contribution in [1.82, 2.24) is 9.80 Å². The Hall–Kier alpha value is -2.79. The first-order chi connectivity index (χ1) is 15.8. The molecule has 0 aliphatic carbocycles. The maximum absolute atomic E-state index is 13.2. The van der Waals surface area contributed by atoms with Crippen LogP contribution in [0.25, 0.3) is 0 Å². The molecule has 1 aromatic rings. The number of aryl methyl sites for hydroxylation is 1. The van der Waals surface area contributed by atoms with Gasteiger partial charge in [-0.2, -0.15) is 8.80 Å². The summed E-state index contributed by atoms with van der Waals surface area (Å²) in [6.07, 6.45) is 5.54. The standard InChI is InChI=1S/C22H28N6O3S2/c1-14-9-17-20(21(23)26-33(30)25-17)18(10-14)31-13-15-5-4-7-28(12-15)22(29)16-6-8-32-24-19(11-16)27(2)3/h6,8-11,15,25H,4-5,7,12-13H2,1-3H3,(H2,23,26)/t15-,33?/m0/s1. The molecule has 0 radical (unpaired) electrons. The number of benzene rings is 1. The van der Waals surface area contributed by atoms with Crippen molar-refractivity contribution in [1.29, 1.82) is 0 Å². The number of nitrogens with two attached hydrogens (primary N) is 1. The number of piperidine rings is 1. The molecule has 1 unspecified atom stereocenters. The van der Waals surface area contributed by atoms with Crippen LogP contribution in [0.4, 0.5) is 5.69 Å². The second-order valence-corrected chi connectivity index (χ2v) is 9.99. The summed E-state index contributed by atoms with van der Waals surface area (Å²) in [5, 5.41) is 1.83. The van der Waals surface area contributed by atoms with Crippen molar-refractivity contribution in [3.05, 3.63) is 46.4 Å². The molecule has 11 heteroatoms. The molecule has 3 N–H and O–H groups in total. The van der Waals surface area contributed by atoms with Crippen LogP contribution in [0.1, 0.15) is 24.0 Å². The Morgan fingerprint density at radius 2 is 2.24 bits per heavy atom. The number of carbonyl (C=O) groups excluding carboxylic acids is 1. The summed E-state index contributed by atoms with van der Waals surface area (Å²) < 4.78 is 29.1. The molecule has 33 heavy (non-hydrogen) atoms. The fourth-order valence-corrected chi connectivity index (χ4v) is 5.24. The molecule has 0 saturated carbocycles. The monoisotopic (exact) mass is 488 g/mol. The average Bonchev–Trinajstić information content (AvgIpc) is 3.03. The Morgan fingerprint density at radius 1 is 1.42 bits per heavy atom. The maximum Gasteiger partial charge on any atom is 0.254 e. The number of ether oxygens (including phenoxy) is 1. The first-order valence-corrected chi connectivity index (χ1v) is 12.7. The molecule has 0 aromatic heterocycles. The largest absolute Gasteiger partial charge is 0.492 e. The van der Waals surface area contributed by atoms with E-state index >= 15 is 0 Å². The molecule has 4 rings (SSSR count). The van der Waals surface area contributed by atoms with E-state index in [1.165, 1.54) is 11.9 Å². The van der Waals surface area contributed by atoms with Gasteiger partial charge in [0.15, 0.2) is 0 Å². The van der Waals surface area contributed by atoms with Gasteiger partial charge in [-0.25, -0.2) is 4.21 Å². The Bertz CT molecular complexity index is 1100. The minimum atomic E-state index is -1.59. The highest BCUT2D eigenvalue weighted by Gasteiger charge is 2.27. The molecule has 3 aliphatic rings. The normalized spacial score (nSPS) is 22.3. The van der Waals surface area contributed by atoms with Crippen LogP contribution in [-0.4, -0.2) is 65.4 Å². The van der Waals surface area contributed by atoms with E-state index in [2.05, 4.69) is 13.5 Å². The zero-order chi connectivity index (χ0) is 23.5. The Kier molecular flexibility index (Phi) is 7.08. The van der Waals surface area contributed by atoms with Crippen LogP contribution in [0.5, 0.6) is 5.75 Å². The third kappa shape index (κ3) is 5.41. The van der Waals surface area contributed by atoms with Gasteiger partial charge in [-0.05, 0) is 55.0 Å². The zero-order valence-electron chi connectivity index (χ0n) is 18.9. The highest BCUT2D eigenvalue weighted by Crippen LogP contribution is 2.32. The van der Waals surface area contributed by atoms with Crippen LogP contribution in [0, 0.1) is 12.8 Å². The minimum absolute atomic E-state index is 0.00370. The van der Waals surface area contributed by atoms with Crippen LogP contribution in [0.15, 0.2) is 44.1 Å². The summed E-state index contributed by atoms with van der Waals surface area (Å²) in [4.78, 5) is 17.0. The lowest BCUT2D eigenvalue weighted by molar-refractivity contribution is -0.128. The molecule has 1 aromatic carbocycles. The molecule has 2 atom stereocenters. The molecule has 3 heterocycles. The van der Waals surface area contributed by atoms with Gasteiger partial charge in [0.05, 0.1) is 17.9 Å². The molecular formula is C22H28N6O3S2. The molecule has 0 bridgehead atoms. The summed E-state index contributed by atoms with van der Waals surface area (Å²) in [5.41, 5.74) is 8.92. The highest BCUT2D eigenvalue weighted by atomic mass is 32.2. The number of rotatable bonds is 4. The Morgan fingerprint density at radius 3 is 3.03 bits per heavy atom. The lowest BCUT2D eigenvalue weighted by Crippen LogP contribution is -2.42. The second kappa shape index (κ2) is 10.0. The van der Waals surface area contributed by atoms with Crippen molar-refractivity contribution in [3.8, 4) is 5.75 Å². The number of nitrogens with zero attached hydrogens (tertiary/aromatic N) is 4. The van der Waals surface area contributed by atoms with E-state index in [0.717, 1.165) is 30.8 Å². The van der Waals surface area contributed by atoms with Gasteiger partial charge in [0.1, 0.15) is 17.4 Å². The first kappa shape index (κ1) is 23.4. The van der Waals surface area contributed by atoms with Crippen molar-refractivity contribution in [2.24, 2.45) is 20.4 Å². The van der Waals surface area contributed by atoms with E-state index in [9.17, 15) is 9.00 Å². The SMILES string of the molecule is Cc1cc2c(c(OC[C@H]3CCCN(C(=O)C4=CC(N(C)C)=NSC=C4)C3)c1)C(N)=NS(=O)N2. The highest BCUT2D eigenvalue weighted by molar-refractivity contribution is 8.01. The lowest BCUT2D eigenvalue weighted by atomic mass is 9.98. The van der Waals surface area contributed by atoms with Crippen molar-refractivity contribution in [2.45, 2.75) is 19.8 Å². The van der Waals surface area contributed by atoms with E-state index < -0.39 is 11.2 Å². The number of nitrogens with one attached hydrogen (secondary N) is 1. The number of anilines is 1. The minimum Gasteiger partial charge on any atom is -0.492 e. The topological polar surface area (TPSA) is 113 Å². The fourth-order valence-electron chi connectivity index (χ4n) is 3.98. The molecule has 1 saturated heterocycles. The Labute approximate surface area is 200 Å². The van der Waals surface area contributed by atoms with Crippen LogP contribution in [0.3, 0.4) is 0 Å². The number of fused-ring (bicyclic) bond motifs is 1. The van der Waals surface area contributed by atoms with Gasteiger partial charge >= 0.3 is 0 Å². The van der Waals surface area contributed by atoms with E-state index in [4.69, 9.17) is 10.5 Å². The Balaban J connectivity index is 1.45. The molecule has 3 aliphatic heterocycles. The first-order valence-electron chi connectivity index (χ1n) is 10.7. The number of hydrogen-bond acceptors (Lipinski definition) is 7. The van der Waals surface area contributed by atoms with Crippen molar-refractivity contribution in [3.63, 3.8) is 0 Å². The number of amidine groups is 2. The van der Waals surface area contributed by atoms with Gasteiger partial charge in [0.25, 0.3) is 5.91 Å². The fraction of sp³-hybridized carbons (Fsp3) is 0.409. The smallest absolute Gasteiger partial charge is 0.254 e. The predicted molar refractivity (Wildman–Crippen MR) is 134 cm³/mol. The van der Waals surface area contributed by atoms with Crippen LogP contribution in [0.2, 0.25) is 0 Å². The molecular weight excluding hydrogens is 460 g/mol. The summed E-state index contributed by atoms with van der Waals surface area (Å²) in [6, 6.07) is 3.78. The maximum atomic E-state index is 13.2. The number of hydrogen-bond donors (Lipinski definition) is 2. The summed E-state index contributed by atoms with van der Waals surface area (Å²) in [6.45, 7) is 3.73. The van der Waals surface area contributed by atoms with Crippen LogP contribution in [-0.2, 0) is 16.0 Å². The summed E-state index contributed by atoms with van der Waals surface area (Å²) in [7, 11) is 3.82. The van der Waals surface area contributed by atoms with Crippen molar-refractivity contribution < 1.29 is 13.7 Å². The third-order valence-electron chi connectivity index (χ3n) is 5.61. The summed E-state index contributed by atoms with van der Waals surface area (Å²) in [5.74, 6) is 1.75. The number of likely N-dealkylation sites (tertiary alicyclic amines) is 1. The van der Waals surface area contributed by atoms with Gasteiger partial charge in [-0.15, -0.1) is 0 Å². The number of likely N-dealkylation sites (N-methyl/N-ethyl adjacent to an activating group) is 1. The van der Waals surface area contributed by atoms with E-state index in [1.54, 1.807) is 0 Å². The van der Waals surface area contributed by atoms with E-state index in [-0.39, 0.29) is 17.7 Å².